The van der Waals surface area contributed by atoms with Gasteiger partial charge in [-0.2, -0.15) is 0 Å². The number of amides is 1. The number of nitrogens with one attached hydrogen (secondary N) is 1. The third-order valence-electron chi connectivity index (χ3n) is 3.95. The van der Waals surface area contributed by atoms with Crippen LogP contribution in [0.1, 0.15) is 29.3 Å². The molecule has 0 bridgehead atoms. The number of hydrogen-bond acceptors (Lipinski definition) is 3. The third-order valence-corrected chi connectivity index (χ3v) is 3.95. The topological polar surface area (TPSA) is 35.6 Å². The van der Waals surface area contributed by atoms with Gasteiger partial charge >= 0.3 is 0 Å². The molecule has 1 aromatic carbocycles. The SMILES string of the molecule is CCNc1cc(C)ccc1C(=O)N1CCC(N(C)C)C1. The molecule has 4 heteroatoms. The van der Waals surface area contributed by atoms with Crippen molar-refractivity contribution in [1.29, 1.82) is 0 Å². The number of aryl methyl sites for hydroxylation is 1. The summed E-state index contributed by atoms with van der Waals surface area (Å²) in [6, 6.07) is 6.48. The second-order valence-electron chi connectivity index (χ2n) is 5.74. The lowest BCUT2D eigenvalue weighted by atomic mass is 10.1. The van der Waals surface area contributed by atoms with Crippen LogP contribution < -0.4 is 5.32 Å². The van der Waals surface area contributed by atoms with Gasteiger partial charge < -0.3 is 15.1 Å². The zero-order chi connectivity index (χ0) is 14.7. The van der Waals surface area contributed by atoms with Gasteiger partial charge in [0.1, 0.15) is 0 Å². The number of hydrogen-bond donors (Lipinski definition) is 1. The van der Waals surface area contributed by atoms with Crippen LogP contribution >= 0.6 is 0 Å². The molecule has 1 unspecified atom stereocenters. The average Bonchev–Trinajstić information content (AvgIpc) is 2.88. The second kappa shape index (κ2) is 6.27. The van der Waals surface area contributed by atoms with E-state index in [1.807, 2.05) is 24.0 Å². The summed E-state index contributed by atoms with van der Waals surface area (Å²) in [6.07, 6.45) is 1.06. The van der Waals surface area contributed by atoms with Crippen LogP contribution in [0.2, 0.25) is 0 Å². The number of carbonyl (C=O) groups is 1. The first-order chi connectivity index (χ1) is 9.52. The Bertz CT molecular complexity index is 485. The monoisotopic (exact) mass is 275 g/mol. The molecule has 0 spiro atoms. The van der Waals surface area contributed by atoms with Crippen molar-refractivity contribution in [3.63, 3.8) is 0 Å². The van der Waals surface area contributed by atoms with E-state index in [1.54, 1.807) is 0 Å². The molecule has 1 heterocycles. The summed E-state index contributed by atoms with van der Waals surface area (Å²) in [6.45, 7) is 6.60. The predicted molar refractivity (Wildman–Crippen MR) is 83.3 cm³/mol. The first-order valence-electron chi connectivity index (χ1n) is 7.33. The maximum Gasteiger partial charge on any atom is 0.256 e. The molecule has 2 rings (SSSR count). The Kier molecular flexibility index (Phi) is 4.65. The number of rotatable bonds is 4. The van der Waals surface area contributed by atoms with Crippen molar-refractivity contribution in [1.82, 2.24) is 9.80 Å². The van der Waals surface area contributed by atoms with E-state index < -0.39 is 0 Å². The molecule has 4 nitrogen and oxygen atoms in total. The average molecular weight is 275 g/mol. The van der Waals surface area contributed by atoms with Crippen LogP contribution in [0.3, 0.4) is 0 Å². The van der Waals surface area contributed by atoms with Gasteiger partial charge in [0.25, 0.3) is 5.91 Å². The molecular weight excluding hydrogens is 250 g/mol. The normalized spacial score (nSPS) is 18.6. The Morgan fingerprint density at radius 1 is 1.45 bits per heavy atom. The van der Waals surface area contributed by atoms with Crippen LogP contribution in [0.5, 0.6) is 0 Å². The van der Waals surface area contributed by atoms with E-state index in [4.69, 9.17) is 0 Å². The van der Waals surface area contributed by atoms with Gasteiger partial charge in [-0.1, -0.05) is 6.07 Å². The Morgan fingerprint density at radius 2 is 2.20 bits per heavy atom. The zero-order valence-electron chi connectivity index (χ0n) is 12.9. The number of anilines is 1. The molecule has 0 radical (unpaired) electrons. The summed E-state index contributed by atoms with van der Waals surface area (Å²) in [4.78, 5) is 16.9. The molecule has 0 aliphatic carbocycles. The Hall–Kier alpha value is -1.55. The van der Waals surface area contributed by atoms with E-state index in [9.17, 15) is 4.79 Å². The van der Waals surface area contributed by atoms with Crippen molar-refractivity contribution in [3.05, 3.63) is 29.3 Å². The van der Waals surface area contributed by atoms with E-state index >= 15 is 0 Å². The van der Waals surface area contributed by atoms with E-state index in [0.717, 1.165) is 37.3 Å². The lowest BCUT2D eigenvalue weighted by Gasteiger charge is -2.21. The highest BCUT2D eigenvalue weighted by atomic mass is 16.2. The van der Waals surface area contributed by atoms with Crippen molar-refractivity contribution >= 4 is 11.6 Å². The lowest BCUT2D eigenvalue weighted by molar-refractivity contribution is 0.0784. The summed E-state index contributed by atoms with van der Waals surface area (Å²) < 4.78 is 0. The van der Waals surface area contributed by atoms with Crippen LogP contribution in [0.25, 0.3) is 0 Å². The maximum atomic E-state index is 12.7. The minimum atomic E-state index is 0.144. The van der Waals surface area contributed by atoms with Crippen molar-refractivity contribution < 1.29 is 4.79 Å². The molecular formula is C16H25N3O. The molecule has 1 aliphatic heterocycles. The molecule has 110 valence electrons. The maximum absolute atomic E-state index is 12.7. The van der Waals surface area contributed by atoms with Crippen molar-refractivity contribution in [2.75, 3.05) is 39.0 Å². The summed E-state index contributed by atoms with van der Waals surface area (Å²) in [7, 11) is 4.16. The number of likely N-dealkylation sites (tertiary alicyclic amines) is 1. The molecule has 20 heavy (non-hydrogen) atoms. The highest BCUT2D eigenvalue weighted by Crippen LogP contribution is 2.22. The minimum Gasteiger partial charge on any atom is -0.385 e. The highest BCUT2D eigenvalue weighted by Gasteiger charge is 2.29. The summed E-state index contributed by atoms with van der Waals surface area (Å²) in [5, 5.41) is 3.30. The van der Waals surface area contributed by atoms with E-state index in [1.165, 1.54) is 5.56 Å². The van der Waals surface area contributed by atoms with Crippen molar-refractivity contribution in [2.45, 2.75) is 26.3 Å². The fourth-order valence-corrected chi connectivity index (χ4v) is 2.70. The van der Waals surface area contributed by atoms with E-state index in [0.29, 0.717) is 6.04 Å². The molecule has 1 aliphatic rings. The quantitative estimate of drug-likeness (QED) is 0.915. The van der Waals surface area contributed by atoms with Crippen LogP contribution in [0.4, 0.5) is 5.69 Å². The van der Waals surface area contributed by atoms with Gasteiger partial charge in [0, 0.05) is 31.4 Å². The molecule has 0 saturated carbocycles. The molecule has 1 N–H and O–H groups in total. The van der Waals surface area contributed by atoms with Crippen LogP contribution in [0.15, 0.2) is 18.2 Å². The summed E-state index contributed by atoms with van der Waals surface area (Å²) in [5.74, 6) is 0.144. The van der Waals surface area contributed by atoms with E-state index in [-0.39, 0.29) is 5.91 Å². The molecule has 0 aromatic heterocycles. The van der Waals surface area contributed by atoms with Gasteiger partial charge in [0.2, 0.25) is 0 Å². The molecule has 1 fully saturated rings. The van der Waals surface area contributed by atoms with Gasteiger partial charge in [0.15, 0.2) is 0 Å². The van der Waals surface area contributed by atoms with Crippen molar-refractivity contribution in [3.8, 4) is 0 Å². The van der Waals surface area contributed by atoms with Gasteiger partial charge in [-0.3, -0.25) is 4.79 Å². The predicted octanol–water partition coefficient (Wildman–Crippen LogP) is 2.20. The fourth-order valence-electron chi connectivity index (χ4n) is 2.70. The van der Waals surface area contributed by atoms with Gasteiger partial charge in [-0.15, -0.1) is 0 Å². The standard InChI is InChI=1S/C16H25N3O/c1-5-17-15-10-12(2)6-7-14(15)16(20)19-9-8-13(11-19)18(3)4/h6-7,10,13,17H,5,8-9,11H2,1-4H3. The molecule has 1 aromatic rings. The lowest BCUT2D eigenvalue weighted by Crippen LogP contribution is -2.34. The van der Waals surface area contributed by atoms with Gasteiger partial charge in [0.05, 0.1) is 5.56 Å². The summed E-state index contributed by atoms with van der Waals surface area (Å²) >= 11 is 0. The number of likely N-dealkylation sites (N-methyl/N-ethyl adjacent to an activating group) is 1. The third kappa shape index (κ3) is 3.12. The van der Waals surface area contributed by atoms with E-state index in [2.05, 4.69) is 37.3 Å². The van der Waals surface area contributed by atoms with Crippen molar-refractivity contribution in [2.24, 2.45) is 0 Å². The first kappa shape index (κ1) is 14.9. The molecule has 1 atom stereocenters. The van der Waals surface area contributed by atoms with Gasteiger partial charge in [-0.05, 0) is 52.1 Å². The van der Waals surface area contributed by atoms with Crippen LogP contribution in [0, 0.1) is 6.92 Å². The van der Waals surface area contributed by atoms with Gasteiger partial charge in [-0.25, -0.2) is 0 Å². The molecule has 1 amide bonds. The minimum absolute atomic E-state index is 0.144. The summed E-state index contributed by atoms with van der Waals surface area (Å²) in [5.41, 5.74) is 2.91. The zero-order valence-corrected chi connectivity index (χ0v) is 12.9. The highest BCUT2D eigenvalue weighted by molar-refractivity contribution is 6.00. The first-order valence-corrected chi connectivity index (χ1v) is 7.33. The fraction of sp³-hybridized carbons (Fsp3) is 0.562. The Labute approximate surface area is 121 Å². The number of nitrogens with zero attached hydrogens (tertiary/aromatic N) is 2. The molecule has 1 saturated heterocycles. The number of carbonyl (C=O) groups excluding carboxylic acids is 1. The smallest absolute Gasteiger partial charge is 0.256 e. The Morgan fingerprint density at radius 3 is 2.80 bits per heavy atom. The van der Waals surface area contributed by atoms with Crippen LogP contribution in [-0.4, -0.2) is 55.5 Å². The largest absolute Gasteiger partial charge is 0.385 e. The Balaban J connectivity index is 2.17. The van der Waals surface area contributed by atoms with Crippen LogP contribution in [-0.2, 0) is 0 Å². The second-order valence-corrected chi connectivity index (χ2v) is 5.74. The number of benzene rings is 1.